The molecule has 116 valence electrons. The highest BCUT2D eigenvalue weighted by Gasteiger charge is 2.16. The van der Waals surface area contributed by atoms with Gasteiger partial charge in [0.05, 0.1) is 7.11 Å². The number of carbonyl (C=O) groups is 1. The first kappa shape index (κ1) is 17.6. The second-order valence-corrected chi connectivity index (χ2v) is 6.09. The maximum absolute atomic E-state index is 12.3. The van der Waals surface area contributed by atoms with Gasteiger partial charge in [0.25, 0.3) is 0 Å². The SMILES string of the molecule is CC/C=C/C(CC(=O)c1ccc(C(C)(C)C)cc1)OOC. The zero-order chi connectivity index (χ0) is 15.9. The molecule has 3 nitrogen and oxygen atoms in total. The van der Waals surface area contributed by atoms with Crippen molar-refractivity contribution in [3.63, 3.8) is 0 Å². The molecule has 1 aromatic carbocycles. The smallest absolute Gasteiger partial charge is 0.165 e. The molecule has 0 heterocycles. The van der Waals surface area contributed by atoms with Gasteiger partial charge < -0.3 is 0 Å². The molecule has 0 N–H and O–H groups in total. The van der Waals surface area contributed by atoms with E-state index >= 15 is 0 Å². The molecule has 1 aromatic rings. The maximum Gasteiger partial charge on any atom is 0.165 e. The quantitative estimate of drug-likeness (QED) is 0.322. The lowest BCUT2D eigenvalue weighted by Gasteiger charge is -2.19. The highest BCUT2D eigenvalue weighted by Crippen LogP contribution is 2.22. The Balaban J connectivity index is 2.76. The minimum atomic E-state index is -0.343. The third kappa shape index (κ3) is 5.82. The van der Waals surface area contributed by atoms with E-state index in [0.29, 0.717) is 5.56 Å². The molecule has 0 bridgehead atoms. The van der Waals surface area contributed by atoms with E-state index in [9.17, 15) is 4.79 Å². The molecule has 0 amide bonds. The predicted molar refractivity (Wildman–Crippen MR) is 85.4 cm³/mol. The molecule has 0 radical (unpaired) electrons. The summed E-state index contributed by atoms with van der Waals surface area (Å²) in [5.41, 5.74) is 2.01. The summed E-state index contributed by atoms with van der Waals surface area (Å²) >= 11 is 0. The van der Waals surface area contributed by atoms with Crippen LogP contribution in [0.5, 0.6) is 0 Å². The minimum Gasteiger partial charge on any atom is -0.294 e. The van der Waals surface area contributed by atoms with E-state index in [0.717, 1.165) is 6.42 Å². The Morgan fingerprint density at radius 1 is 1.24 bits per heavy atom. The Kier molecular flexibility index (Phi) is 6.79. The lowest BCUT2D eigenvalue weighted by Crippen LogP contribution is -2.16. The van der Waals surface area contributed by atoms with Gasteiger partial charge in [-0.25, -0.2) is 9.78 Å². The van der Waals surface area contributed by atoms with Crippen LogP contribution in [-0.2, 0) is 15.2 Å². The summed E-state index contributed by atoms with van der Waals surface area (Å²) in [5, 5.41) is 0. The first-order valence-electron chi connectivity index (χ1n) is 7.38. The number of carbonyl (C=O) groups excluding carboxylic acids is 1. The van der Waals surface area contributed by atoms with Crippen molar-refractivity contribution in [1.82, 2.24) is 0 Å². The van der Waals surface area contributed by atoms with Crippen LogP contribution < -0.4 is 0 Å². The molecule has 0 fully saturated rings. The molecule has 1 unspecified atom stereocenters. The molecule has 3 heteroatoms. The van der Waals surface area contributed by atoms with E-state index in [2.05, 4.69) is 20.8 Å². The van der Waals surface area contributed by atoms with Crippen molar-refractivity contribution in [3.8, 4) is 0 Å². The van der Waals surface area contributed by atoms with Crippen LogP contribution in [0.4, 0.5) is 0 Å². The lowest BCUT2D eigenvalue weighted by molar-refractivity contribution is -0.292. The zero-order valence-electron chi connectivity index (χ0n) is 13.7. The second-order valence-electron chi connectivity index (χ2n) is 6.09. The highest BCUT2D eigenvalue weighted by atomic mass is 17.2. The Morgan fingerprint density at radius 2 is 1.86 bits per heavy atom. The summed E-state index contributed by atoms with van der Waals surface area (Å²) in [6.07, 6.45) is 4.67. The summed E-state index contributed by atoms with van der Waals surface area (Å²) in [4.78, 5) is 22.1. The van der Waals surface area contributed by atoms with Gasteiger partial charge in [0.2, 0.25) is 0 Å². The Bertz CT molecular complexity index is 466. The average molecular weight is 290 g/mol. The molecule has 0 aliphatic heterocycles. The van der Waals surface area contributed by atoms with Crippen molar-refractivity contribution in [1.29, 1.82) is 0 Å². The van der Waals surface area contributed by atoms with Crippen molar-refractivity contribution in [3.05, 3.63) is 47.5 Å². The normalized spacial score (nSPS) is 13.6. The monoisotopic (exact) mass is 290 g/mol. The molecule has 0 aromatic heterocycles. The fourth-order valence-corrected chi connectivity index (χ4v) is 2.00. The number of ketones is 1. The molecule has 1 atom stereocenters. The fourth-order valence-electron chi connectivity index (χ4n) is 2.00. The first-order valence-corrected chi connectivity index (χ1v) is 7.38. The van der Waals surface area contributed by atoms with Gasteiger partial charge in [0.1, 0.15) is 6.10 Å². The van der Waals surface area contributed by atoms with Crippen molar-refractivity contribution in [2.75, 3.05) is 7.11 Å². The number of hydrogen-bond acceptors (Lipinski definition) is 3. The van der Waals surface area contributed by atoms with Gasteiger partial charge in [0.15, 0.2) is 5.78 Å². The van der Waals surface area contributed by atoms with Gasteiger partial charge in [-0.1, -0.05) is 64.1 Å². The van der Waals surface area contributed by atoms with Gasteiger partial charge in [-0.05, 0) is 17.4 Å². The number of hydrogen-bond donors (Lipinski definition) is 0. The summed E-state index contributed by atoms with van der Waals surface area (Å²) < 4.78 is 0. The Hall–Kier alpha value is -1.45. The van der Waals surface area contributed by atoms with Crippen LogP contribution >= 0.6 is 0 Å². The van der Waals surface area contributed by atoms with Gasteiger partial charge in [-0.3, -0.25) is 4.79 Å². The maximum atomic E-state index is 12.3. The number of Topliss-reactive ketones (excluding diaryl/α,β-unsaturated/α-hetero) is 1. The van der Waals surface area contributed by atoms with Crippen molar-refractivity contribution in [2.24, 2.45) is 0 Å². The van der Waals surface area contributed by atoms with Crippen LogP contribution in [0.25, 0.3) is 0 Å². The first-order chi connectivity index (χ1) is 9.88. The van der Waals surface area contributed by atoms with E-state index in [-0.39, 0.29) is 23.7 Å². The van der Waals surface area contributed by atoms with E-state index in [1.165, 1.54) is 12.7 Å². The molecule has 1 rings (SSSR count). The number of benzene rings is 1. The van der Waals surface area contributed by atoms with Gasteiger partial charge in [-0.15, -0.1) is 0 Å². The summed E-state index contributed by atoms with van der Waals surface area (Å²) in [5.74, 6) is 0.0539. The fraction of sp³-hybridized carbons (Fsp3) is 0.500. The largest absolute Gasteiger partial charge is 0.294 e. The molecule has 0 saturated carbocycles. The van der Waals surface area contributed by atoms with E-state index < -0.39 is 0 Å². The Labute approximate surface area is 127 Å². The number of allylic oxidation sites excluding steroid dienone is 1. The lowest BCUT2D eigenvalue weighted by atomic mass is 9.86. The van der Waals surface area contributed by atoms with Crippen molar-refractivity contribution in [2.45, 2.75) is 52.1 Å². The van der Waals surface area contributed by atoms with Crippen LogP contribution in [-0.4, -0.2) is 19.0 Å². The summed E-state index contributed by atoms with van der Waals surface area (Å²) in [7, 11) is 1.45. The summed E-state index contributed by atoms with van der Waals surface area (Å²) in [6, 6.07) is 7.80. The average Bonchev–Trinajstić information content (AvgIpc) is 2.44. The van der Waals surface area contributed by atoms with Gasteiger partial charge in [-0.2, -0.15) is 0 Å². The van der Waals surface area contributed by atoms with E-state index in [1.807, 2.05) is 43.3 Å². The third-order valence-electron chi connectivity index (χ3n) is 3.27. The minimum absolute atomic E-state index is 0.0539. The molecular weight excluding hydrogens is 264 g/mol. The topological polar surface area (TPSA) is 35.5 Å². The molecule has 0 spiro atoms. The van der Waals surface area contributed by atoms with Crippen LogP contribution in [0.2, 0.25) is 0 Å². The molecule has 21 heavy (non-hydrogen) atoms. The highest BCUT2D eigenvalue weighted by molar-refractivity contribution is 5.96. The Morgan fingerprint density at radius 3 is 2.33 bits per heavy atom. The van der Waals surface area contributed by atoms with Crippen LogP contribution in [0.15, 0.2) is 36.4 Å². The third-order valence-corrected chi connectivity index (χ3v) is 3.27. The molecule has 0 aliphatic carbocycles. The second kappa shape index (κ2) is 8.11. The standard InChI is InChI=1S/C18H26O3/c1-6-7-8-16(21-20-5)13-17(19)14-9-11-15(12-10-14)18(2,3)4/h7-12,16H,6,13H2,1-5H3/b8-7+. The van der Waals surface area contributed by atoms with Crippen molar-refractivity contribution >= 4 is 5.78 Å². The summed E-state index contributed by atoms with van der Waals surface area (Å²) in [6.45, 7) is 8.50. The zero-order valence-corrected chi connectivity index (χ0v) is 13.7. The predicted octanol–water partition coefficient (Wildman–Crippen LogP) is 4.47. The number of rotatable bonds is 7. The molecule has 0 saturated heterocycles. The van der Waals surface area contributed by atoms with Crippen LogP contribution in [0, 0.1) is 0 Å². The van der Waals surface area contributed by atoms with E-state index in [1.54, 1.807) is 0 Å². The molecule has 0 aliphatic rings. The van der Waals surface area contributed by atoms with Crippen molar-refractivity contribution < 1.29 is 14.6 Å². The van der Waals surface area contributed by atoms with Gasteiger partial charge >= 0.3 is 0 Å². The van der Waals surface area contributed by atoms with Gasteiger partial charge in [0, 0.05) is 12.0 Å². The van der Waals surface area contributed by atoms with Crippen LogP contribution in [0.3, 0.4) is 0 Å². The molecular formula is C18H26O3. The van der Waals surface area contributed by atoms with Crippen LogP contribution in [0.1, 0.15) is 56.5 Å². The van der Waals surface area contributed by atoms with E-state index in [4.69, 9.17) is 9.78 Å².